The van der Waals surface area contributed by atoms with E-state index < -0.39 is 0 Å². The van der Waals surface area contributed by atoms with Gasteiger partial charge in [0.25, 0.3) is 0 Å². The Labute approximate surface area is 245 Å². The van der Waals surface area contributed by atoms with E-state index >= 15 is 0 Å². The lowest BCUT2D eigenvalue weighted by molar-refractivity contribution is -0.121. The van der Waals surface area contributed by atoms with Gasteiger partial charge in [-0.25, -0.2) is 4.79 Å². The Bertz CT molecular complexity index is 1280. The van der Waals surface area contributed by atoms with Gasteiger partial charge in [-0.2, -0.15) is 0 Å². The molecule has 1 amide bonds. The second-order valence-electron chi connectivity index (χ2n) is 14.7. The molecule has 2 saturated carbocycles. The molecule has 0 bridgehead atoms. The van der Waals surface area contributed by atoms with Crippen molar-refractivity contribution >= 4 is 11.9 Å². The first-order valence-corrected chi connectivity index (χ1v) is 16.2. The Morgan fingerprint density at radius 3 is 2.78 bits per heavy atom. The van der Waals surface area contributed by atoms with Gasteiger partial charge in [0, 0.05) is 25.3 Å². The smallest absolute Gasteiger partial charge is 0.410 e. The number of ketones is 1. The van der Waals surface area contributed by atoms with Crippen LogP contribution in [-0.2, 0) is 20.9 Å². The molecule has 0 N–H and O–H groups in total. The van der Waals surface area contributed by atoms with Crippen LogP contribution in [0, 0.1) is 35.0 Å². The Morgan fingerprint density at radius 1 is 1.17 bits per heavy atom. The highest BCUT2D eigenvalue weighted by atomic mass is 16.6. The molecule has 6 aliphatic rings. The van der Waals surface area contributed by atoms with Crippen molar-refractivity contribution < 1.29 is 19.1 Å². The lowest BCUT2D eigenvalue weighted by Crippen LogP contribution is -2.54. The Morgan fingerprint density at radius 2 is 1.98 bits per heavy atom. The summed E-state index contributed by atoms with van der Waals surface area (Å²) in [5.41, 5.74) is 5.66. The molecule has 1 aromatic carbocycles. The predicted molar refractivity (Wildman–Crippen MR) is 159 cm³/mol. The topological polar surface area (TPSA) is 55.8 Å². The number of benzene rings is 1. The summed E-state index contributed by atoms with van der Waals surface area (Å²) in [6.07, 6.45) is 11.3. The number of carbonyl (C=O) groups excluding carboxylic acids is 2. The van der Waals surface area contributed by atoms with Gasteiger partial charge in [0.1, 0.15) is 12.4 Å². The van der Waals surface area contributed by atoms with Gasteiger partial charge < -0.3 is 14.4 Å². The normalized spacial score (nSPS) is 41.8. The number of ether oxygens (including phenoxy) is 2. The summed E-state index contributed by atoms with van der Waals surface area (Å²) in [4.78, 5) is 27.8. The molecule has 4 fully saturated rings. The number of rotatable bonds is 2. The third kappa shape index (κ3) is 4.44. The standard InChI is InChI=1S/C36H47NO4/c1-22-16-32-33(37(20-22)34(39)40-21-25-8-6-5-7-9-25)24(3)36(41-32)15-13-28-29-11-10-26-17-27(38)12-14-35(26,4)31(29)18-30(28)23(2)19-36/h5-10,22,24,28-29,31-33H,11-21H2,1-4H3/t22-,24+,28-,29-,31-,32+,33-,35-,36-/m0/s1. The number of amides is 1. The van der Waals surface area contributed by atoms with Gasteiger partial charge in [-0.05, 0) is 86.5 Å². The lowest BCUT2D eigenvalue weighted by Gasteiger charge is -2.47. The van der Waals surface area contributed by atoms with Crippen molar-refractivity contribution in [1.29, 1.82) is 0 Å². The van der Waals surface area contributed by atoms with Crippen molar-refractivity contribution in [3.8, 4) is 0 Å². The van der Waals surface area contributed by atoms with E-state index in [-0.39, 0.29) is 35.2 Å². The molecule has 2 aliphatic heterocycles. The molecule has 0 aromatic heterocycles. The first kappa shape index (κ1) is 27.4. The molecule has 0 radical (unpaired) electrons. The highest BCUT2D eigenvalue weighted by Gasteiger charge is 2.60. The lowest BCUT2D eigenvalue weighted by atomic mass is 9.57. The monoisotopic (exact) mass is 557 g/mol. The summed E-state index contributed by atoms with van der Waals surface area (Å²) >= 11 is 0. The maximum Gasteiger partial charge on any atom is 0.410 e. The number of hydrogen-bond donors (Lipinski definition) is 0. The zero-order valence-electron chi connectivity index (χ0n) is 25.4. The van der Waals surface area contributed by atoms with Gasteiger partial charge in [0.05, 0.1) is 17.7 Å². The number of hydrogen-bond acceptors (Lipinski definition) is 4. The van der Waals surface area contributed by atoms with E-state index in [1.54, 1.807) is 5.57 Å². The largest absolute Gasteiger partial charge is 0.445 e. The van der Waals surface area contributed by atoms with Crippen molar-refractivity contribution in [2.75, 3.05) is 6.54 Å². The number of allylic oxidation sites excluding steroid dienone is 3. The summed E-state index contributed by atoms with van der Waals surface area (Å²) < 4.78 is 13.0. The van der Waals surface area contributed by atoms with Crippen molar-refractivity contribution in [2.24, 2.45) is 35.0 Å². The molecule has 220 valence electrons. The highest BCUT2D eigenvalue weighted by molar-refractivity contribution is 5.82. The molecular formula is C36H47NO4. The van der Waals surface area contributed by atoms with E-state index in [1.807, 2.05) is 35.2 Å². The number of piperidine rings is 1. The van der Waals surface area contributed by atoms with Crippen molar-refractivity contribution in [1.82, 2.24) is 4.90 Å². The van der Waals surface area contributed by atoms with Gasteiger partial charge >= 0.3 is 6.09 Å². The van der Waals surface area contributed by atoms with Crippen LogP contribution in [0.15, 0.2) is 53.1 Å². The predicted octanol–water partition coefficient (Wildman–Crippen LogP) is 7.65. The molecule has 2 heterocycles. The minimum Gasteiger partial charge on any atom is -0.445 e. The van der Waals surface area contributed by atoms with Gasteiger partial charge in [-0.3, -0.25) is 4.79 Å². The molecule has 5 heteroatoms. The number of Topliss-reactive ketones (excluding diaryl/α,β-unsaturated/α-hetero) is 1. The SMILES string of the molecule is CC1=C2C[C@H]3[C@@H](CC=C4CC(=O)CC[C@@]43C)[C@@H]2CC[C@@]2(C1)O[C@@H]1C[C@H](C)CN(C(=O)OCc3ccccc3)[C@H]1[C@H]2C. The quantitative estimate of drug-likeness (QED) is 0.351. The molecule has 7 rings (SSSR count). The summed E-state index contributed by atoms with van der Waals surface area (Å²) in [6, 6.07) is 10.0. The highest BCUT2D eigenvalue weighted by Crippen LogP contribution is 2.63. The van der Waals surface area contributed by atoms with E-state index in [0.717, 1.165) is 50.6 Å². The van der Waals surface area contributed by atoms with Crippen LogP contribution >= 0.6 is 0 Å². The number of nitrogens with zero attached hydrogens (tertiary/aromatic N) is 1. The fraction of sp³-hybridized carbons (Fsp3) is 0.667. The average Bonchev–Trinajstić information content (AvgIpc) is 3.42. The van der Waals surface area contributed by atoms with E-state index in [4.69, 9.17) is 9.47 Å². The molecular weight excluding hydrogens is 510 g/mol. The number of fused-ring (bicyclic) bond motifs is 6. The fourth-order valence-electron chi connectivity index (χ4n) is 10.3. The Kier molecular flexibility index (Phi) is 6.76. The van der Waals surface area contributed by atoms with Gasteiger partial charge in [-0.1, -0.05) is 73.9 Å². The zero-order valence-corrected chi connectivity index (χ0v) is 25.4. The van der Waals surface area contributed by atoms with E-state index in [9.17, 15) is 9.59 Å². The van der Waals surface area contributed by atoms with Crippen molar-refractivity contribution in [3.05, 3.63) is 58.7 Å². The van der Waals surface area contributed by atoms with E-state index in [0.29, 0.717) is 42.5 Å². The van der Waals surface area contributed by atoms with E-state index in [1.165, 1.54) is 24.0 Å². The third-order valence-corrected chi connectivity index (χ3v) is 12.5. The Balaban J connectivity index is 1.11. The molecule has 1 spiro atoms. The van der Waals surface area contributed by atoms with Crippen molar-refractivity contribution in [2.45, 2.75) is 110 Å². The van der Waals surface area contributed by atoms with Gasteiger partial charge in [0.2, 0.25) is 0 Å². The minimum absolute atomic E-state index is 0.0665. The maximum atomic E-state index is 13.5. The van der Waals surface area contributed by atoms with Crippen LogP contribution in [0.5, 0.6) is 0 Å². The van der Waals surface area contributed by atoms with Crippen molar-refractivity contribution in [3.63, 3.8) is 0 Å². The van der Waals surface area contributed by atoms with Crippen LogP contribution in [-0.4, -0.2) is 41.1 Å². The average molecular weight is 558 g/mol. The third-order valence-electron chi connectivity index (χ3n) is 12.5. The van der Waals surface area contributed by atoms with Crippen LogP contribution in [0.4, 0.5) is 4.79 Å². The fourth-order valence-corrected chi connectivity index (χ4v) is 10.3. The van der Waals surface area contributed by atoms with Gasteiger partial charge in [0.15, 0.2) is 0 Å². The molecule has 2 saturated heterocycles. The molecule has 4 aliphatic carbocycles. The first-order valence-electron chi connectivity index (χ1n) is 16.2. The molecule has 5 nitrogen and oxygen atoms in total. The second-order valence-corrected chi connectivity index (χ2v) is 14.7. The van der Waals surface area contributed by atoms with E-state index in [2.05, 4.69) is 33.8 Å². The zero-order chi connectivity index (χ0) is 28.5. The molecule has 1 aromatic rings. The summed E-state index contributed by atoms with van der Waals surface area (Å²) in [5.74, 6) is 3.04. The summed E-state index contributed by atoms with van der Waals surface area (Å²) in [7, 11) is 0. The van der Waals surface area contributed by atoms with Crippen LogP contribution in [0.1, 0.15) is 91.0 Å². The van der Waals surface area contributed by atoms with Crippen LogP contribution in [0.3, 0.4) is 0 Å². The second kappa shape index (κ2) is 10.1. The molecule has 9 atom stereocenters. The molecule has 41 heavy (non-hydrogen) atoms. The van der Waals surface area contributed by atoms with Crippen LogP contribution in [0.2, 0.25) is 0 Å². The Hall–Kier alpha value is -2.40. The molecule has 0 unspecified atom stereocenters. The van der Waals surface area contributed by atoms with Crippen LogP contribution in [0.25, 0.3) is 0 Å². The number of likely N-dealkylation sites (tertiary alicyclic amines) is 1. The summed E-state index contributed by atoms with van der Waals surface area (Å²) in [5, 5.41) is 0. The maximum absolute atomic E-state index is 13.5. The van der Waals surface area contributed by atoms with Crippen LogP contribution < -0.4 is 0 Å². The first-order chi connectivity index (χ1) is 19.7. The summed E-state index contributed by atoms with van der Waals surface area (Å²) in [6.45, 7) is 10.5. The minimum atomic E-state index is -0.217. The number of carbonyl (C=O) groups is 2. The van der Waals surface area contributed by atoms with Gasteiger partial charge in [-0.15, -0.1) is 0 Å².